The Morgan fingerprint density at radius 3 is 2.50 bits per heavy atom. The number of hydrogen-bond donors (Lipinski definition) is 2. The lowest BCUT2D eigenvalue weighted by Gasteiger charge is -2.29. The van der Waals surface area contributed by atoms with E-state index >= 15 is 0 Å². The van der Waals surface area contributed by atoms with E-state index in [9.17, 15) is 14.4 Å². The Kier molecular flexibility index (Phi) is 6.26. The van der Waals surface area contributed by atoms with E-state index in [1.54, 1.807) is 12.1 Å². The average molecular weight is 357 g/mol. The molecule has 1 aliphatic carbocycles. The number of benzene rings is 1. The van der Waals surface area contributed by atoms with Crippen LogP contribution in [0.5, 0.6) is 0 Å². The van der Waals surface area contributed by atoms with Gasteiger partial charge in [0.05, 0.1) is 11.4 Å². The van der Waals surface area contributed by atoms with E-state index in [4.69, 9.17) is 0 Å². The van der Waals surface area contributed by atoms with Gasteiger partial charge < -0.3 is 15.5 Å². The Balaban J connectivity index is 1.52. The molecule has 1 aliphatic heterocycles. The van der Waals surface area contributed by atoms with Crippen LogP contribution in [0.1, 0.15) is 57.8 Å². The van der Waals surface area contributed by atoms with Gasteiger partial charge in [-0.2, -0.15) is 0 Å². The van der Waals surface area contributed by atoms with Gasteiger partial charge in [0.15, 0.2) is 0 Å². The minimum absolute atomic E-state index is 0.0000900. The number of anilines is 2. The first kappa shape index (κ1) is 18.4. The van der Waals surface area contributed by atoms with Crippen LogP contribution in [0.15, 0.2) is 24.3 Å². The van der Waals surface area contributed by atoms with E-state index in [0.717, 1.165) is 25.7 Å². The van der Waals surface area contributed by atoms with Crippen molar-refractivity contribution in [3.63, 3.8) is 0 Å². The summed E-state index contributed by atoms with van der Waals surface area (Å²) in [5.41, 5.74) is 1.33. The van der Waals surface area contributed by atoms with Crippen molar-refractivity contribution in [2.75, 3.05) is 16.8 Å². The third-order valence-corrected chi connectivity index (χ3v) is 5.11. The molecule has 1 aromatic rings. The standard InChI is InChI=1S/C20H27N3O3/c24-18(21-15-8-4-2-1-3-5-9-15)12-13-20(26)23-14-19(25)22-16-10-6-7-11-17(16)23/h6-7,10-11,15H,1-5,8-9,12-14H2,(H,21,24)(H,22,25). The fourth-order valence-corrected chi connectivity index (χ4v) is 3.71. The lowest BCUT2D eigenvalue weighted by molar-refractivity contribution is -0.126. The predicted molar refractivity (Wildman–Crippen MR) is 101 cm³/mol. The van der Waals surface area contributed by atoms with E-state index in [1.165, 1.54) is 24.2 Å². The zero-order valence-electron chi connectivity index (χ0n) is 15.1. The average Bonchev–Trinajstić information content (AvgIpc) is 2.61. The molecule has 1 saturated carbocycles. The zero-order chi connectivity index (χ0) is 18.4. The number of nitrogens with zero attached hydrogens (tertiary/aromatic N) is 1. The molecule has 0 saturated heterocycles. The normalized spacial score (nSPS) is 18.3. The maximum atomic E-state index is 12.6. The summed E-state index contributed by atoms with van der Waals surface area (Å²) >= 11 is 0. The number of fused-ring (bicyclic) bond motifs is 1. The Labute approximate surface area is 154 Å². The SMILES string of the molecule is O=C1CN(C(=O)CCC(=O)NC2CCCCCCC2)c2ccccc2N1. The van der Waals surface area contributed by atoms with E-state index in [-0.39, 0.29) is 43.1 Å². The van der Waals surface area contributed by atoms with Gasteiger partial charge in [0.1, 0.15) is 6.54 Å². The third-order valence-electron chi connectivity index (χ3n) is 5.11. The molecule has 3 rings (SSSR count). The molecule has 1 aromatic carbocycles. The number of nitrogens with one attached hydrogen (secondary N) is 2. The number of para-hydroxylation sites is 2. The first-order chi connectivity index (χ1) is 12.6. The van der Waals surface area contributed by atoms with Crippen LogP contribution in [-0.4, -0.2) is 30.3 Å². The molecule has 140 valence electrons. The van der Waals surface area contributed by atoms with E-state index < -0.39 is 0 Å². The van der Waals surface area contributed by atoms with Crippen molar-refractivity contribution in [2.24, 2.45) is 0 Å². The number of carbonyl (C=O) groups is 3. The van der Waals surface area contributed by atoms with Gasteiger partial charge in [-0.15, -0.1) is 0 Å². The monoisotopic (exact) mass is 357 g/mol. The van der Waals surface area contributed by atoms with Crippen LogP contribution < -0.4 is 15.5 Å². The highest BCUT2D eigenvalue weighted by Gasteiger charge is 2.26. The molecular formula is C20H27N3O3. The first-order valence-corrected chi connectivity index (χ1v) is 9.62. The molecule has 3 amide bonds. The van der Waals surface area contributed by atoms with Crippen LogP contribution in [0.25, 0.3) is 0 Å². The van der Waals surface area contributed by atoms with Gasteiger partial charge in [0.25, 0.3) is 0 Å². The van der Waals surface area contributed by atoms with Crippen molar-refractivity contribution >= 4 is 29.1 Å². The van der Waals surface area contributed by atoms with Crippen molar-refractivity contribution in [1.29, 1.82) is 0 Å². The largest absolute Gasteiger partial charge is 0.353 e. The third kappa shape index (κ3) is 4.84. The molecule has 0 bridgehead atoms. The molecule has 1 heterocycles. The number of amides is 3. The van der Waals surface area contributed by atoms with Gasteiger partial charge in [0, 0.05) is 18.9 Å². The minimum Gasteiger partial charge on any atom is -0.353 e. The van der Waals surface area contributed by atoms with Crippen molar-refractivity contribution < 1.29 is 14.4 Å². The lowest BCUT2D eigenvalue weighted by atomic mass is 9.96. The van der Waals surface area contributed by atoms with Crippen LogP contribution in [-0.2, 0) is 14.4 Å². The summed E-state index contributed by atoms with van der Waals surface area (Å²) in [6.45, 7) is 0.0000900. The summed E-state index contributed by atoms with van der Waals surface area (Å²) in [5, 5.41) is 5.85. The van der Waals surface area contributed by atoms with Gasteiger partial charge in [-0.3, -0.25) is 14.4 Å². The highest BCUT2D eigenvalue weighted by Crippen LogP contribution is 2.29. The molecule has 6 nitrogen and oxygen atoms in total. The Hall–Kier alpha value is -2.37. The number of hydrogen-bond acceptors (Lipinski definition) is 3. The second-order valence-electron chi connectivity index (χ2n) is 7.15. The Morgan fingerprint density at radius 1 is 1.04 bits per heavy atom. The fourth-order valence-electron chi connectivity index (χ4n) is 3.71. The van der Waals surface area contributed by atoms with Gasteiger partial charge >= 0.3 is 0 Å². The molecular weight excluding hydrogens is 330 g/mol. The van der Waals surface area contributed by atoms with E-state index in [2.05, 4.69) is 10.6 Å². The summed E-state index contributed by atoms with van der Waals surface area (Å²) in [6.07, 6.45) is 8.41. The summed E-state index contributed by atoms with van der Waals surface area (Å²) < 4.78 is 0. The van der Waals surface area contributed by atoms with Crippen LogP contribution in [0, 0.1) is 0 Å². The molecule has 6 heteroatoms. The van der Waals surface area contributed by atoms with Gasteiger partial charge in [-0.05, 0) is 25.0 Å². The van der Waals surface area contributed by atoms with Crippen LogP contribution in [0.3, 0.4) is 0 Å². The zero-order valence-corrected chi connectivity index (χ0v) is 15.1. The molecule has 2 aliphatic rings. The fraction of sp³-hybridized carbons (Fsp3) is 0.550. The van der Waals surface area contributed by atoms with Crippen molar-refractivity contribution in [2.45, 2.75) is 63.8 Å². The maximum absolute atomic E-state index is 12.6. The topological polar surface area (TPSA) is 78.5 Å². The lowest BCUT2D eigenvalue weighted by Crippen LogP contribution is -2.42. The molecule has 0 radical (unpaired) electrons. The molecule has 1 fully saturated rings. The van der Waals surface area contributed by atoms with Crippen LogP contribution in [0.2, 0.25) is 0 Å². The molecule has 0 unspecified atom stereocenters. The smallest absolute Gasteiger partial charge is 0.244 e. The maximum Gasteiger partial charge on any atom is 0.244 e. The number of carbonyl (C=O) groups excluding carboxylic acids is 3. The highest BCUT2D eigenvalue weighted by atomic mass is 16.2. The molecule has 26 heavy (non-hydrogen) atoms. The second-order valence-corrected chi connectivity index (χ2v) is 7.15. The summed E-state index contributed by atoms with van der Waals surface area (Å²) in [4.78, 5) is 38.1. The molecule has 0 atom stereocenters. The number of rotatable bonds is 4. The minimum atomic E-state index is -0.212. The van der Waals surface area contributed by atoms with E-state index in [1.807, 2.05) is 12.1 Å². The van der Waals surface area contributed by atoms with Crippen LogP contribution >= 0.6 is 0 Å². The molecule has 0 spiro atoms. The van der Waals surface area contributed by atoms with Crippen molar-refractivity contribution in [3.05, 3.63) is 24.3 Å². The van der Waals surface area contributed by atoms with Crippen molar-refractivity contribution in [1.82, 2.24) is 5.32 Å². The van der Waals surface area contributed by atoms with Gasteiger partial charge in [-0.25, -0.2) is 0 Å². The Bertz CT molecular complexity index is 666. The molecule has 0 aromatic heterocycles. The Morgan fingerprint density at radius 2 is 1.73 bits per heavy atom. The van der Waals surface area contributed by atoms with Crippen molar-refractivity contribution in [3.8, 4) is 0 Å². The van der Waals surface area contributed by atoms with E-state index in [0.29, 0.717) is 11.4 Å². The quantitative estimate of drug-likeness (QED) is 0.869. The summed E-state index contributed by atoms with van der Waals surface area (Å²) in [5.74, 6) is -0.477. The summed E-state index contributed by atoms with van der Waals surface area (Å²) in [6, 6.07) is 7.46. The second kappa shape index (κ2) is 8.83. The van der Waals surface area contributed by atoms with Gasteiger partial charge in [0.2, 0.25) is 17.7 Å². The molecule has 2 N–H and O–H groups in total. The predicted octanol–water partition coefficient (Wildman–Crippen LogP) is 2.98. The van der Waals surface area contributed by atoms with Gasteiger partial charge in [-0.1, -0.05) is 44.2 Å². The first-order valence-electron chi connectivity index (χ1n) is 9.62. The highest BCUT2D eigenvalue weighted by molar-refractivity contribution is 6.10. The summed E-state index contributed by atoms with van der Waals surface area (Å²) in [7, 11) is 0. The van der Waals surface area contributed by atoms with Crippen LogP contribution in [0.4, 0.5) is 11.4 Å².